The summed E-state index contributed by atoms with van der Waals surface area (Å²) in [5.41, 5.74) is 5.13. The summed E-state index contributed by atoms with van der Waals surface area (Å²) in [6, 6.07) is -0.794. The van der Waals surface area contributed by atoms with Crippen molar-refractivity contribution in [1.82, 2.24) is 0 Å². The minimum absolute atomic E-state index is 0. The van der Waals surface area contributed by atoms with E-state index in [4.69, 9.17) is 23.3 Å². The topological polar surface area (TPSA) is 141 Å². The maximum Gasteiger partial charge on any atom is 0.394 e. The summed E-state index contributed by atoms with van der Waals surface area (Å²) >= 11 is 1.58. The fourth-order valence-electron chi connectivity index (χ4n) is 0.363. The van der Waals surface area contributed by atoms with Crippen LogP contribution in [0.5, 0.6) is 0 Å². The number of carbonyl (C=O) groups is 1. The van der Waals surface area contributed by atoms with Crippen molar-refractivity contribution in [3.63, 3.8) is 0 Å². The van der Waals surface area contributed by atoms with Gasteiger partial charge < -0.3 is 15.6 Å². The maximum atomic E-state index is 9.96. The second kappa shape index (κ2) is 10.8. The molecule has 10 heteroatoms. The van der Waals surface area contributed by atoms with E-state index < -0.39 is 22.4 Å². The van der Waals surface area contributed by atoms with Gasteiger partial charge in [0.25, 0.3) is 0 Å². The van der Waals surface area contributed by atoms with Crippen molar-refractivity contribution in [1.29, 1.82) is 0 Å². The van der Waals surface area contributed by atoms with E-state index in [1.807, 2.05) is 6.26 Å². The molecule has 0 saturated heterocycles. The summed E-state index contributed by atoms with van der Waals surface area (Å²) in [7, 11) is -4.67. The fourth-order valence-corrected chi connectivity index (χ4v) is 0.852. The third-order valence-electron chi connectivity index (χ3n) is 0.936. The first kappa shape index (κ1) is 20.7. The number of hydrogen-bond donors (Lipinski definition) is 3. The Bertz CT molecular complexity index is 248. The number of rotatable bonds is 4. The predicted octanol–water partition coefficient (Wildman–Crippen LogP) is -1.84. The van der Waals surface area contributed by atoms with Crippen LogP contribution in [0, 0.1) is 0 Å². The van der Waals surface area contributed by atoms with Crippen molar-refractivity contribution < 1.29 is 46.9 Å². The number of hydrogen-bond acceptors (Lipinski definition) is 6. The van der Waals surface area contributed by atoms with E-state index in [1.165, 1.54) is 0 Å². The van der Waals surface area contributed by atoms with Gasteiger partial charge in [-0.15, -0.1) is 0 Å². The zero-order chi connectivity index (χ0) is 11.8. The minimum atomic E-state index is -4.67. The molecule has 0 aliphatic rings. The number of nitrogens with two attached hydrogens (primary N) is 1. The molecular weight excluding hydrogens is 300 g/mol. The van der Waals surface area contributed by atoms with Crippen LogP contribution in [-0.2, 0) is 34.7 Å². The van der Waals surface area contributed by atoms with Gasteiger partial charge in [0, 0.05) is 25.5 Å². The average molecular weight is 312 g/mol. The molecule has 0 aromatic heterocycles. The monoisotopic (exact) mass is 310 g/mol. The molecule has 0 aromatic carbocycles. The Balaban J connectivity index is -0.000000208. The summed E-state index contributed by atoms with van der Waals surface area (Å²) in [6.45, 7) is 0. The van der Waals surface area contributed by atoms with Crippen LogP contribution in [0.25, 0.3) is 0 Å². The number of aliphatic carboxylic acids is 1. The third kappa shape index (κ3) is 31.4. The first-order valence-electron chi connectivity index (χ1n) is 3.33. The standard InChI is InChI=1S/C5H11NO2S.H2O4S.Zn/c1-9-3-2-4(6)5(7)8;1-5(2,3)4;/h4H,2-3,6H2,1H3,(H,7,8);(H2,1,2,3,4);/p-1/t4-;;/m0../s1. The molecule has 0 spiro atoms. The Morgan fingerprint density at radius 1 is 1.53 bits per heavy atom. The first-order chi connectivity index (χ1) is 6.18. The number of carboxylic acids is 1. The molecule has 0 bridgehead atoms. The van der Waals surface area contributed by atoms with Crippen molar-refractivity contribution >= 4 is 28.1 Å². The number of carboxylic acid groups (broad SMARTS) is 1. The predicted molar refractivity (Wildman–Crippen MR) is 50.2 cm³/mol. The van der Waals surface area contributed by atoms with Crippen LogP contribution in [0.15, 0.2) is 0 Å². The van der Waals surface area contributed by atoms with Crippen LogP contribution in [0.3, 0.4) is 0 Å². The molecule has 1 atom stereocenters. The van der Waals surface area contributed by atoms with Gasteiger partial charge in [-0.3, -0.25) is 9.11 Å². The van der Waals surface area contributed by atoms with Crippen molar-refractivity contribution in [3.05, 3.63) is 0 Å². The van der Waals surface area contributed by atoms with Crippen LogP contribution in [0.4, 0.5) is 0 Å². The summed E-state index contributed by atoms with van der Waals surface area (Å²) in [5.74, 6) is -0.390. The molecule has 0 aromatic rings. The van der Waals surface area contributed by atoms with E-state index in [1.54, 1.807) is 11.8 Å². The van der Waals surface area contributed by atoms with E-state index in [0.717, 1.165) is 5.75 Å². The second-order valence-corrected chi connectivity index (χ2v) is 4.04. The van der Waals surface area contributed by atoms with Crippen molar-refractivity contribution in [2.24, 2.45) is 5.73 Å². The van der Waals surface area contributed by atoms with E-state index in [2.05, 4.69) is 0 Å². The quantitative estimate of drug-likeness (QED) is 0.406. The Morgan fingerprint density at radius 2 is 1.87 bits per heavy atom. The van der Waals surface area contributed by atoms with Gasteiger partial charge in [0.1, 0.15) is 0 Å². The molecule has 0 amide bonds. The molecule has 0 fully saturated rings. The average Bonchev–Trinajstić information content (AvgIpc) is 1.96. The Hall–Kier alpha value is 0.273. The zero-order valence-corrected chi connectivity index (χ0v) is 12.7. The van der Waals surface area contributed by atoms with Gasteiger partial charge in [0.15, 0.2) is 0 Å². The smallest absolute Gasteiger partial charge is 0.394 e. The van der Waals surface area contributed by atoms with Gasteiger partial charge in [-0.05, 0) is 18.4 Å². The van der Waals surface area contributed by atoms with Gasteiger partial charge in [0.2, 0.25) is 0 Å². The molecule has 0 saturated carbocycles. The van der Waals surface area contributed by atoms with Gasteiger partial charge in [-0.2, -0.15) is 20.2 Å². The molecule has 0 radical (unpaired) electrons. The van der Waals surface area contributed by atoms with E-state index >= 15 is 0 Å². The van der Waals surface area contributed by atoms with Gasteiger partial charge in [0.05, 0.1) is 5.97 Å². The summed E-state index contributed by atoms with van der Waals surface area (Å²) in [5, 5.41) is 9.96. The Labute approximate surface area is 105 Å². The number of thioether (sulfide) groups is 1. The van der Waals surface area contributed by atoms with Gasteiger partial charge in [-0.1, -0.05) is 0 Å². The van der Waals surface area contributed by atoms with Crippen LogP contribution in [0.2, 0.25) is 0 Å². The van der Waals surface area contributed by atoms with Crippen molar-refractivity contribution in [3.8, 4) is 0 Å². The molecule has 4 N–H and O–H groups in total. The Morgan fingerprint density at radius 3 is 2.07 bits per heavy atom. The maximum absolute atomic E-state index is 9.96. The minimum Gasteiger partial charge on any atom is -0.548 e. The van der Waals surface area contributed by atoms with Crippen LogP contribution in [0.1, 0.15) is 6.42 Å². The van der Waals surface area contributed by atoms with E-state index in [-0.39, 0.29) is 19.5 Å². The van der Waals surface area contributed by atoms with Crippen LogP contribution < -0.4 is 10.8 Å². The molecule has 0 rings (SSSR count). The van der Waals surface area contributed by atoms with Crippen LogP contribution in [-0.4, -0.2) is 41.5 Å². The molecule has 0 heterocycles. The molecule has 0 aliphatic carbocycles. The molecule has 0 unspecified atom stereocenters. The normalized spacial score (nSPS) is 11.7. The van der Waals surface area contributed by atoms with Gasteiger partial charge >= 0.3 is 10.4 Å². The Kier molecular flexibility index (Phi) is 14.8. The first-order valence-corrected chi connectivity index (χ1v) is 6.12. The summed E-state index contributed by atoms with van der Waals surface area (Å²) in [6.07, 6.45) is 2.39. The van der Waals surface area contributed by atoms with E-state index in [0.29, 0.717) is 6.42 Å². The zero-order valence-electron chi connectivity index (χ0n) is 8.12. The third-order valence-corrected chi connectivity index (χ3v) is 1.58. The second-order valence-electron chi connectivity index (χ2n) is 2.15. The van der Waals surface area contributed by atoms with Crippen molar-refractivity contribution in [2.45, 2.75) is 12.5 Å². The van der Waals surface area contributed by atoms with E-state index in [9.17, 15) is 9.90 Å². The number of carbonyl (C=O) groups excluding carboxylic acids is 1. The largest absolute Gasteiger partial charge is 0.548 e. The molecule has 15 heavy (non-hydrogen) atoms. The SMILES string of the molecule is CSCC[C@H](N)C(=O)[O-].O=S(=O)(O)O.[Zn]. The molecule has 7 nitrogen and oxygen atoms in total. The summed E-state index contributed by atoms with van der Waals surface area (Å²) < 4.78 is 31.6. The molecule has 0 aliphatic heterocycles. The van der Waals surface area contributed by atoms with Crippen LogP contribution >= 0.6 is 11.8 Å². The van der Waals surface area contributed by atoms with Gasteiger partial charge in [-0.25, -0.2) is 0 Å². The fraction of sp³-hybridized carbons (Fsp3) is 0.800. The van der Waals surface area contributed by atoms with Crippen molar-refractivity contribution in [2.75, 3.05) is 12.0 Å². The molecular formula is C5H12NO6S2Zn-. The molecule has 88 valence electrons. The summed E-state index contributed by atoms with van der Waals surface area (Å²) in [4.78, 5) is 9.96.